The second-order valence-electron chi connectivity index (χ2n) is 0.921. The van der Waals surface area contributed by atoms with Gasteiger partial charge in [0.05, 0.1) is 0 Å². The van der Waals surface area contributed by atoms with Gasteiger partial charge in [-0.05, 0) is 0 Å². The molecule has 0 saturated carbocycles. The van der Waals surface area contributed by atoms with Crippen molar-refractivity contribution in [2.45, 2.75) is 5.51 Å². The molecule has 90 valence electrons. The molecule has 0 radical (unpaired) electrons. The minimum atomic E-state index is -5.84. The van der Waals surface area contributed by atoms with Crippen LogP contribution in [-0.2, 0) is 10.1 Å². The molecule has 0 aromatic rings. The SMILES string of the molecule is O.O.O.O.O=S(=O)(O)C(F)(F)F.[BiH3]. The number of halogens is 3. The summed E-state index contributed by atoms with van der Waals surface area (Å²) in [6.45, 7) is 0. The van der Waals surface area contributed by atoms with Gasteiger partial charge in [-0.15, -0.1) is 0 Å². The van der Waals surface area contributed by atoms with E-state index in [-0.39, 0.29) is 48.1 Å². The number of hydrogen-bond acceptors (Lipinski definition) is 2. The minimum absolute atomic E-state index is 0. The third kappa shape index (κ3) is 15.2. The van der Waals surface area contributed by atoms with Gasteiger partial charge in [0.1, 0.15) is 0 Å². The van der Waals surface area contributed by atoms with Crippen LogP contribution in [0.3, 0.4) is 0 Å². The fourth-order valence-corrected chi connectivity index (χ4v) is 0. The average Bonchev–Trinajstić information content (AvgIpc) is 1.25. The molecule has 0 spiro atoms. The van der Waals surface area contributed by atoms with E-state index in [0.29, 0.717) is 0 Å². The van der Waals surface area contributed by atoms with Crippen molar-refractivity contribution in [3.05, 3.63) is 0 Å². The molecule has 0 heterocycles. The Hall–Kier alpha value is 0.423. The van der Waals surface area contributed by atoms with Crippen LogP contribution < -0.4 is 0 Å². The third-order valence-electron chi connectivity index (χ3n) is 0.292. The number of hydrogen-bond donors (Lipinski definition) is 1. The Bertz CT molecular complexity index is 173. The van der Waals surface area contributed by atoms with Crippen LogP contribution in [0.5, 0.6) is 0 Å². The first-order chi connectivity index (χ1) is 3.25. The predicted molar refractivity (Wildman–Crippen MR) is 42.0 cm³/mol. The molecule has 0 bridgehead atoms. The van der Waals surface area contributed by atoms with Crippen molar-refractivity contribution < 1.29 is 48.0 Å². The fraction of sp³-hybridized carbons (Fsp3) is 1.00. The van der Waals surface area contributed by atoms with Gasteiger partial charge in [0, 0.05) is 0 Å². The average molecular weight is 434 g/mol. The van der Waals surface area contributed by atoms with Gasteiger partial charge in [0.15, 0.2) is 0 Å². The quantitative estimate of drug-likeness (QED) is 0.232. The topological polar surface area (TPSA) is 180 Å². The summed E-state index contributed by atoms with van der Waals surface area (Å²) in [6.07, 6.45) is 0. The van der Waals surface area contributed by atoms with Crippen LogP contribution in [0.4, 0.5) is 13.2 Å². The summed E-state index contributed by atoms with van der Waals surface area (Å²) >= 11 is 0. The first-order valence-electron chi connectivity index (χ1n) is 1.29. The zero-order valence-electron chi connectivity index (χ0n) is 6.01. The van der Waals surface area contributed by atoms with Crippen LogP contribution in [-0.4, -0.2) is 66.6 Å². The van der Waals surface area contributed by atoms with Gasteiger partial charge in [0.2, 0.25) is 0 Å². The summed E-state index contributed by atoms with van der Waals surface area (Å²) in [4.78, 5) is 0. The molecular formula is CH12BiF3O7S. The third-order valence-corrected chi connectivity index (χ3v) is 0.877. The van der Waals surface area contributed by atoms with Crippen LogP contribution in [0.15, 0.2) is 0 Å². The maximum absolute atomic E-state index is 10.7. The molecule has 0 aliphatic rings. The van der Waals surface area contributed by atoms with E-state index in [4.69, 9.17) is 13.0 Å². The Balaban J connectivity index is -0.0000000245. The van der Waals surface area contributed by atoms with Crippen LogP contribution in [0.1, 0.15) is 0 Å². The Morgan fingerprint density at radius 2 is 1.00 bits per heavy atom. The van der Waals surface area contributed by atoms with Crippen LogP contribution in [0.2, 0.25) is 0 Å². The van der Waals surface area contributed by atoms with Crippen LogP contribution in [0, 0.1) is 0 Å². The maximum atomic E-state index is 10.7. The van der Waals surface area contributed by atoms with Gasteiger partial charge in [-0.1, -0.05) is 0 Å². The molecule has 7 nitrogen and oxygen atoms in total. The zero-order valence-corrected chi connectivity index (χ0v) is 12.3. The Morgan fingerprint density at radius 3 is 1.00 bits per heavy atom. The standard InChI is InChI=1S/CHF3O3S.Bi.4H2O.3H/c2-1(3,4)8(5,6)7;;;;;;;;/h(H,5,6,7);;4*1H2;;;. The van der Waals surface area contributed by atoms with Gasteiger partial charge in [-0.2, -0.15) is 21.6 Å². The number of rotatable bonds is 0. The Labute approximate surface area is 90.0 Å². The molecular weight excluding hydrogens is 422 g/mol. The zero-order chi connectivity index (χ0) is 7.00. The summed E-state index contributed by atoms with van der Waals surface area (Å²) in [5.74, 6) is 0. The molecule has 12 heteroatoms. The van der Waals surface area contributed by atoms with Crippen molar-refractivity contribution in [2.75, 3.05) is 0 Å². The Morgan fingerprint density at radius 1 is 0.923 bits per heavy atom. The molecule has 13 heavy (non-hydrogen) atoms. The van der Waals surface area contributed by atoms with E-state index < -0.39 is 15.6 Å². The van der Waals surface area contributed by atoms with Crippen molar-refractivity contribution in [1.29, 1.82) is 0 Å². The summed E-state index contributed by atoms with van der Waals surface area (Å²) in [7, 11) is -5.84. The molecule has 9 N–H and O–H groups in total. The van der Waals surface area contributed by atoms with Gasteiger partial charge >= 0.3 is 41.8 Å². The molecule has 0 amide bonds. The van der Waals surface area contributed by atoms with E-state index in [1.54, 1.807) is 0 Å². The second-order valence-corrected chi connectivity index (χ2v) is 2.33. The van der Waals surface area contributed by atoms with Crippen molar-refractivity contribution >= 4 is 36.3 Å². The monoisotopic (exact) mass is 434 g/mol. The van der Waals surface area contributed by atoms with Crippen molar-refractivity contribution in [2.24, 2.45) is 0 Å². The van der Waals surface area contributed by atoms with E-state index in [1.165, 1.54) is 0 Å². The summed E-state index contributed by atoms with van der Waals surface area (Å²) in [5.41, 5.74) is -5.53. The van der Waals surface area contributed by atoms with E-state index in [1.807, 2.05) is 0 Å². The van der Waals surface area contributed by atoms with E-state index in [9.17, 15) is 13.2 Å². The second kappa shape index (κ2) is 10.5. The Kier molecular flexibility index (Phi) is 30.4. The molecule has 0 rings (SSSR count). The summed E-state index contributed by atoms with van der Waals surface area (Å²) in [5, 5.41) is 0. The van der Waals surface area contributed by atoms with Gasteiger partial charge < -0.3 is 21.9 Å². The molecule has 0 saturated heterocycles. The van der Waals surface area contributed by atoms with Crippen LogP contribution in [0.25, 0.3) is 0 Å². The van der Waals surface area contributed by atoms with E-state index in [0.717, 1.165) is 0 Å². The number of alkyl halides is 3. The normalized spacial score (nSPS) is 8.62. The molecule has 0 fully saturated rings. The van der Waals surface area contributed by atoms with E-state index >= 15 is 0 Å². The molecule has 0 aliphatic heterocycles. The summed E-state index contributed by atoms with van der Waals surface area (Å²) < 4.78 is 57.5. The molecule has 0 atom stereocenters. The van der Waals surface area contributed by atoms with Gasteiger partial charge in [0.25, 0.3) is 0 Å². The molecule has 0 aliphatic carbocycles. The first kappa shape index (κ1) is 37.6. The van der Waals surface area contributed by atoms with Crippen molar-refractivity contribution in [3.63, 3.8) is 0 Å². The van der Waals surface area contributed by atoms with Crippen molar-refractivity contribution in [1.82, 2.24) is 0 Å². The van der Waals surface area contributed by atoms with Gasteiger partial charge in [-0.3, -0.25) is 4.55 Å². The van der Waals surface area contributed by atoms with Crippen LogP contribution >= 0.6 is 0 Å². The van der Waals surface area contributed by atoms with E-state index in [2.05, 4.69) is 0 Å². The predicted octanol–water partition coefficient (Wildman–Crippen LogP) is -4.09. The first-order valence-corrected chi connectivity index (χ1v) is 2.73. The van der Waals surface area contributed by atoms with Crippen molar-refractivity contribution in [3.8, 4) is 0 Å². The van der Waals surface area contributed by atoms with Gasteiger partial charge in [-0.25, -0.2) is 0 Å². The fourth-order valence-electron chi connectivity index (χ4n) is 0. The molecule has 0 unspecified atom stereocenters. The molecule has 0 aromatic heterocycles. The summed E-state index contributed by atoms with van der Waals surface area (Å²) in [6, 6.07) is 0. The molecule has 0 aromatic carbocycles.